The summed E-state index contributed by atoms with van der Waals surface area (Å²) in [4.78, 5) is 19.6. The topological polar surface area (TPSA) is 37.6 Å². The molecule has 0 aliphatic rings. The molecule has 30 heavy (non-hydrogen) atoms. The lowest BCUT2D eigenvalue weighted by molar-refractivity contribution is 0.0784. The molecule has 0 N–H and O–H groups in total. The summed E-state index contributed by atoms with van der Waals surface area (Å²) in [6.45, 7) is 0.0648. The lowest BCUT2D eigenvalue weighted by Crippen LogP contribution is -2.26. The monoisotopic (exact) mass is 423 g/mol. The van der Waals surface area contributed by atoms with E-state index >= 15 is 0 Å². The highest BCUT2D eigenvalue weighted by Gasteiger charge is 2.14. The van der Waals surface area contributed by atoms with E-state index in [1.165, 1.54) is 17.0 Å². The molecule has 0 bridgehead atoms. The van der Waals surface area contributed by atoms with Crippen LogP contribution < -0.4 is 0 Å². The van der Waals surface area contributed by atoms with Crippen molar-refractivity contribution in [2.24, 2.45) is 0 Å². The van der Waals surface area contributed by atoms with Gasteiger partial charge in [0.1, 0.15) is 17.3 Å². The summed E-state index contributed by atoms with van der Waals surface area (Å²) in [5.74, 6) is -0.801. The Morgan fingerprint density at radius 2 is 1.90 bits per heavy atom. The minimum absolute atomic E-state index is 0.0648. The van der Waals surface area contributed by atoms with Crippen molar-refractivity contribution in [1.29, 1.82) is 0 Å². The first-order valence-electron chi connectivity index (χ1n) is 9.34. The minimum Gasteiger partial charge on any atom is -0.337 e. The standard InChI is InChI=1S/C23H19F2N3OS/c1-27(13-17-5-8-18(24)12-21(17)25)23(29)16-6-9-20(10-7-16)30-15-19-14-28-11-3-2-4-22(28)26-19/h2-12,14H,13,15H2,1H3. The Morgan fingerprint density at radius 3 is 2.63 bits per heavy atom. The van der Waals surface area contributed by atoms with Gasteiger partial charge >= 0.3 is 0 Å². The molecule has 2 aromatic carbocycles. The Kier molecular flexibility index (Phi) is 5.81. The van der Waals surface area contributed by atoms with Crippen molar-refractivity contribution in [1.82, 2.24) is 14.3 Å². The number of pyridine rings is 1. The van der Waals surface area contributed by atoms with E-state index in [4.69, 9.17) is 0 Å². The van der Waals surface area contributed by atoms with Crippen LogP contribution in [0.25, 0.3) is 5.65 Å². The van der Waals surface area contributed by atoms with Crippen LogP contribution in [0.1, 0.15) is 21.6 Å². The van der Waals surface area contributed by atoms with Gasteiger partial charge in [-0.3, -0.25) is 4.79 Å². The van der Waals surface area contributed by atoms with E-state index < -0.39 is 11.6 Å². The maximum atomic E-state index is 13.8. The average Bonchev–Trinajstić information content (AvgIpc) is 3.17. The fourth-order valence-electron chi connectivity index (χ4n) is 3.11. The van der Waals surface area contributed by atoms with Crippen molar-refractivity contribution in [3.05, 3.63) is 102 Å². The molecule has 4 nitrogen and oxygen atoms in total. The molecule has 152 valence electrons. The van der Waals surface area contributed by atoms with Gasteiger partial charge in [0.05, 0.1) is 5.69 Å². The van der Waals surface area contributed by atoms with Gasteiger partial charge in [0.15, 0.2) is 0 Å². The van der Waals surface area contributed by atoms with Crippen molar-refractivity contribution in [2.45, 2.75) is 17.2 Å². The SMILES string of the molecule is CN(Cc1ccc(F)cc1F)C(=O)c1ccc(SCc2cn3ccccc3n2)cc1. The summed E-state index contributed by atoms with van der Waals surface area (Å²) in [5, 5.41) is 0. The molecule has 2 aromatic heterocycles. The molecule has 2 heterocycles. The zero-order valence-corrected chi connectivity index (χ0v) is 17.1. The first kappa shape index (κ1) is 20.1. The van der Waals surface area contributed by atoms with Crippen LogP contribution in [-0.4, -0.2) is 27.2 Å². The van der Waals surface area contributed by atoms with Gasteiger partial charge < -0.3 is 9.30 Å². The van der Waals surface area contributed by atoms with Gasteiger partial charge in [-0.05, 0) is 42.5 Å². The van der Waals surface area contributed by atoms with Crippen molar-refractivity contribution in [2.75, 3.05) is 7.05 Å². The number of amides is 1. The molecule has 0 aliphatic heterocycles. The van der Waals surface area contributed by atoms with Crippen molar-refractivity contribution < 1.29 is 13.6 Å². The molecule has 0 saturated heterocycles. The zero-order valence-electron chi connectivity index (χ0n) is 16.3. The molecule has 4 rings (SSSR count). The number of halogens is 2. The molecule has 0 radical (unpaired) electrons. The van der Waals surface area contributed by atoms with Crippen LogP contribution in [0.2, 0.25) is 0 Å². The molecule has 4 aromatic rings. The highest BCUT2D eigenvalue weighted by molar-refractivity contribution is 7.98. The second-order valence-electron chi connectivity index (χ2n) is 6.91. The second kappa shape index (κ2) is 8.67. The number of fused-ring (bicyclic) bond motifs is 1. The van der Waals surface area contributed by atoms with Crippen LogP contribution in [0.15, 0.2) is 78.0 Å². The van der Waals surface area contributed by atoms with E-state index in [0.29, 0.717) is 5.56 Å². The first-order valence-corrected chi connectivity index (χ1v) is 10.3. The lowest BCUT2D eigenvalue weighted by atomic mass is 10.1. The number of carbonyl (C=O) groups excluding carboxylic acids is 1. The number of carbonyl (C=O) groups is 1. The van der Waals surface area contributed by atoms with Crippen molar-refractivity contribution in [3.63, 3.8) is 0 Å². The van der Waals surface area contributed by atoms with Gasteiger partial charge in [0, 0.05) is 53.8 Å². The number of imidazole rings is 1. The normalized spacial score (nSPS) is 11.0. The average molecular weight is 423 g/mol. The van der Waals surface area contributed by atoms with Crippen LogP contribution in [0.3, 0.4) is 0 Å². The largest absolute Gasteiger partial charge is 0.337 e. The molecule has 0 fully saturated rings. The van der Waals surface area contributed by atoms with E-state index in [1.54, 1.807) is 30.9 Å². The van der Waals surface area contributed by atoms with Gasteiger partial charge in [0.25, 0.3) is 5.91 Å². The summed E-state index contributed by atoms with van der Waals surface area (Å²) in [5.41, 5.74) is 2.67. The number of benzene rings is 2. The smallest absolute Gasteiger partial charge is 0.253 e. The maximum Gasteiger partial charge on any atom is 0.253 e. The third-order valence-corrected chi connectivity index (χ3v) is 5.72. The Hall–Kier alpha value is -3.19. The number of rotatable bonds is 6. The maximum absolute atomic E-state index is 13.8. The van der Waals surface area contributed by atoms with Gasteiger partial charge in [0.2, 0.25) is 0 Å². The molecule has 1 amide bonds. The summed E-state index contributed by atoms with van der Waals surface area (Å²) in [6.07, 6.45) is 3.97. The van der Waals surface area contributed by atoms with Crippen molar-refractivity contribution >= 4 is 23.3 Å². The highest BCUT2D eigenvalue weighted by Crippen LogP contribution is 2.23. The van der Waals surface area contributed by atoms with Gasteiger partial charge in [-0.1, -0.05) is 12.1 Å². The Morgan fingerprint density at radius 1 is 1.10 bits per heavy atom. The molecule has 0 aliphatic carbocycles. The molecule has 7 heteroatoms. The quantitative estimate of drug-likeness (QED) is 0.401. The first-order chi connectivity index (χ1) is 14.5. The molecule has 0 spiro atoms. The number of nitrogens with zero attached hydrogens (tertiary/aromatic N) is 3. The van der Waals surface area contributed by atoms with E-state index in [-0.39, 0.29) is 18.0 Å². The molecular formula is C23H19F2N3OS. The van der Waals surface area contributed by atoms with E-state index in [2.05, 4.69) is 4.98 Å². The van der Waals surface area contributed by atoms with Gasteiger partial charge in [-0.25, -0.2) is 13.8 Å². The van der Waals surface area contributed by atoms with Crippen LogP contribution in [0.4, 0.5) is 8.78 Å². The van der Waals surface area contributed by atoms with E-state index in [0.717, 1.165) is 28.1 Å². The minimum atomic E-state index is -0.659. The van der Waals surface area contributed by atoms with Crippen LogP contribution in [0.5, 0.6) is 0 Å². The van der Waals surface area contributed by atoms with Crippen molar-refractivity contribution in [3.8, 4) is 0 Å². The third kappa shape index (κ3) is 4.52. The highest BCUT2D eigenvalue weighted by atomic mass is 32.2. The predicted octanol–water partition coefficient (Wildman–Crippen LogP) is 5.18. The Balaban J connectivity index is 1.37. The van der Waals surface area contributed by atoms with E-state index in [9.17, 15) is 13.6 Å². The Bertz CT molecular complexity index is 1160. The summed E-state index contributed by atoms with van der Waals surface area (Å²) >= 11 is 1.64. The molecule has 0 unspecified atom stereocenters. The lowest BCUT2D eigenvalue weighted by Gasteiger charge is -2.18. The zero-order chi connectivity index (χ0) is 21.1. The number of hydrogen-bond acceptors (Lipinski definition) is 3. The van der Waals surface area contributed by atoms with Crippen LogP contribution in [-0.2, 0) is 12.3 Å². The Labute approximate surface area is 177 Å². The van der Waals surface area contributed by atoms with Crippen LogP contribution in [0, 0.1) is 11.6 Å². The fraction of sp³-hybridized carbons (Fsp3) is 0.130. The van der Waals surface area contributed by atoms with Gasteiger partial charge in [-0.2, -0.15) is 0 Å². The summed E-state index contributed by atoms with van der Waals surface area (Å²) in [7, 11) is 1.59. The third-order valence-electron chi connectivity index (χ3n) is 4.67. The van der Waals surface area contributed by atoms with E-state index in [1.807, 2.05) is 47.1 Å². The predicted molar refractivity (Wildman–Crippen MR) is 113 cm³/mol. The molecular weight excluding hydrogens is 404 g/mol. The fourth-order valence-corrected chi connectivity index (χ4v) is 3.89. The summed E-state index contributed by atoms with van der Waals surface area (Å²) < 4.78 is 28.9. The van der Waals surface area contributed by atoms with Gasteiger partial charge in [-0.15, -0.1) is 11.8 Å². The number of thioether (sulfide) groups is 1. The molecule has 0 atom stereocenters. The number of hydrogen-bond donors (Lipinski definition) is 0. The summed E-state index contributed by atoms with van der Waals surface area (Å²) in [6, 6.07) is 16.5. The van der Waals surface area contributed by atoms with Crippen LogP contribution >= 0.6 is 11.8 Å². The molecule has 0 saturated carbocycles. The second-order valence-corrected chi connectivity index (χ2v) is 7.96. The number of aromatic nitrogens is 2.